The lowest BCUT2D eigenvalue weighted by Crippen LogP contribution is -1.99. The van der Waals surface area contributed by atoms with Crippen LogP contribution in [0.1, 0.15) is 0 Å². The van der Waals surface area contributed by atoms with E-state index in [0.717, 1.165) is 6.07 Å². The van der Waals surface area contributed by atoms with Crippen LogP contribution in [0.4, 0.5) is 22.7 Å². The van der Waals surface area contributed by atoms with Gasteiger partial charge in [0, 0.05) is 22.8 Å². The van der Waals surface area contributed by atoms with Crippen LogP contribution in [0.15, 0.2) is 57.6 Å². The second-order valence-corrected chi connectivity index (χ2v) is 6.87. The predicted molar refractivity (Wildman–Crippen MR) is 96.5 cm³/mol. The van der Waals surface area contributed by atoms with Gasteiger partial charge in [-0.2, -0.15) is 8.42 Å². The van der Waals surface area contributed by atoms with Gasteiger partial charge >= 0.3 is 0 Å². The summed E-state index contributed by atoms with van der Waals surface area (Å²) in [6, 6.07) is 9.62. The lowest BCUT2D eigenvalue weighted by Gasteiger charge is -2.09. The van der Waals surface area contributed by atoms with Crippen molar-refractivity contribution in [3.05, 3.63) is 42.5 Å². The van der Waals surface area contributed by atoms with Crippen LogP contribution in [0, 0.1) is 0 Å². The number of nitrogen functional groups attached to an aromatic ring is 2. The summed E-state index contributed by atoms with van der Waals surface area (Å²) < 4.78 is 32.9. The minimum atomic E-state index is -4.72. The third kappa shape index (κ3) is 3.23. The summed E-state index contributed by atoms with van der Waals surface area (Å²) in [7, 11) is -4.72. The van der Waals surface area contributed by atoms with Crippen molar-refractivity contribution in [2.75, 3.05) is 11.5 Å². The van der Waals surface area contributed by atoms with Crippen molar-refractivity contribution in [3.63, 3.8) is 0 Å². The minimum absolute atomic E-state index is 0.00251. The normalized spacial score (nSPS) is 12.0. The van der Waals surface area contributed by atoms with E-state index in [9.17, 15) is 23.2 Å². The van der Waals surface area contributed by atoms with Crippen LogP contribution < -0.4 is 11.5 Å². The Labute approximate surface area is 148 Å². The molecule has 0 saturated carbocycles. The highest BCUT2D eigenvalue weighted by Crippen LogP contribution is 2.42. The Morgan fingerprint density at radius 3 is 2.19 bits per heavy atom. The molecule has 3 rings (SSSR count). The first-order valence-electron chi connectivity index (χ1n) is 7.20. The molecule has 0 bridgehead atoms. The first kappa shape index (κ1) is 17.5. The molecule has 0 aromatic heterocycles. The van der Waals surface area contributed by atoms with Gasteiger partial charge in [-0.25, -0.2) is 0 Å². The van der Waals surface area contributed by atoms with Gasteiger partial charge in [-0.05, 0) is 41.8 Å². The Morgan fingerprint density at radius 1 is 0.885 bits per heavy atom. The van der Waals surface area contributed by atoms with E-state index in [0.29, 0.717) is 16.8 Å². The maximum absolute atomic E-state index is 11.7. The fraction of sp³-hybridized carbons (Fsp3) is 0. The molecule has 7 N–H and O–H groups in total. The molecule has 0 spiro atoms. The number of nitrogens with zero attached hydrogens (tertiary/aromatic N) is 2. The second-order valence-electron chi connectivity index (χ2n) is 5.48. The second kappa shape index (κ2) is 6.17. The summed E-state index contributed by atoms with van der Waals surface area (Å²) in [6.07, 6.45) is 0. The van der Waals surface area contributed by atoms with Crippen molar-refractivity contribution in [3.8, 4) is 11.5 Å². The molecule has 3 aromatic carbocycles. The zero-order valence-corrected chi connectivity index (χ0v) is 14.0. The van der Waals surface area contributed by atoms with E-state index >= 15 is 0 Å². The minimum Gasteiger partial charge on any atom is -0.506 e. The molecule has 0 aliphatic heterocycles. The van der Waals surface area contributed by atoms with Crippen molar-refractivity contribution in [1.29, 1.82) is 0 Å². The predicted octanol–water partition coefficient (Wildman–Crippen LogP) is 3.08. The first-order valence-corrected chi connectivity index (χ1v) is 8.64. The Morgan fingerprint density at radius 2 is 1.54 bits per heavy atom. The van der Waals surface area contributed by atoms with Gasteiger partial charge in [-0.3, -0.25) is 4.55 Å². The van der Waals surface area contributed by atoms with E-state index in [2.05, 4.69) is 10.2 Å². The number of anilines is 2. The summed E-state index contributed by atoms with van der Waals surface area (Å²) in [5.74, 6) is -0.788. The van der Waals surface area contributed by atoms with Crippen LogP contribution in [0.2, 0.25) is 0 Å². The molecule has 0 saturated heterocycles. The van der Waals surface area contributed by atoms with Crippen molar-refractivity contribution in [2.24, 2.45) is 10.2 Å². The number of phenols is 2. The van der Waals surface area contributed by atoms with Crippen LogP contribution >= 0.6 is 0 Å². The molecule has 0 aliphatic carbocycles. The average Bonchev–Trinajstić information content (AvgIpc) is 2.54. The monoisotopic (exact) mass is 374 g/mol. The number of fused-ring (bicyclic) bond motifs is 1. The highest BCUT2D eigenvalue weighted by molar-refractivity contribution is 7.86. The zero-order valence-electron chi connectivity index (χ0n) is 13.2. The molecular formula is C16H14N4O5S. The molecule has 0 aliphatic rings. The number of hydrogen-bond acceptors (Lipinski definition) is 8. The molecule has 0 heterocycles. The number of benzene rings is 3. The molecule has 0 fully saturated rings. The quantitative estimate of drug-likeness (QED) is 0.266. The van der Waals surface area contributed by atoms with Crippen LogP contribution in [-0.4, -0.2) is 23.2 Å². The molecule has 134 valence electrons. The van der Waals surface area contributed by atoms with Crippen LogP contribution in [0.5, 0.6) is 11.5 Å². The SMILES string of the molecule is Nc1ccc(N=Nc2c(S(=O)(=O)O)cc3cc(N)ccc3c2O)c(O)c1. The fourth-order valence-corrected chi connectivity index (χ4v) is 3.05. The van der Waals surface area contributed by atoms with E-state index in [-0.39, 0.29) is 16.8 Å². The van der Waals surface area contributed by atoms with Crippen molar-refractivity contribution >= 4 is 43.6 Å². The maximum atomic E-state index is 11.7. The summed E-state index contributed by atoms with van der Waals surface area (Å²) in [5.41, 5.74) is 11.4. The number of azo groups is 1. The van der Waals surface area contributed by atoms with Gasteiger partial charge in [0.15, 0.2) is 5.75 Å². The number of rotatable bonds is 3. The molecule has 0 amide bonds. The van der Waals surface area contributed by atoms with E-state index in [1.165, 1.54) is 36.4 Å². The van der Waals surface area contributed by atoms with Gasteiger partial charge in [0.2, 0.25) is 0 Å². The Balaban J connectivity index is 2.25. The van der Waals surface area contributed by atoms with Crippen molar-refractivity contribution in [1.82, 2.24) is 0 Å². The number of aromatic hydroxyl groups is 2. The lowest BCUT2D eigenvalue weighted by molar-refractivity contribution is 0.471. The Kier molecular flexibility index (Phi) is 4.14. The highest BCUT2D eigenvalue weighted by Gasteiger charge is 2.22. The lowest BCUT2D eigenvalue weighted by atomic mass is 10.1. The molecule has 3 aromatic rings. The van der Waals surface area contributed by atoms with Gasteiger partial charge in [0.25, 0.3) is 10.1 Å². The highest BCUT2D eigenvalue weighted by atomic mass is 32.2. The maximum Gasteiger partial charge on any atom is 0.296 e. The van der Waals surface area contributed by atoms with E-state index in [1.807, 2.05) is 0 Å². The molecule has 0 unspecified atom stereocenters. The molecule has 10 heteroatoms. The van der Waals surface area contributed by atoms with Crippen molar-refractivity contribution in [2.45, 2.75) is 4.90 Å². The number of hydrogen-bond donors (Lipinski definition) is 5. The summed E-state index contributed by atoms with van der Waals surface area (Å²) in [4.78, 5) is -0.646. The molecule has 0 atom stereocenters. The van der Waals surface area contributed by atoms with Crippen molar-refractivity contribution < 1.29 is 23.2 Å². The van der Waals surface area contributed by atoms with Gasteiger partial charge < -0.3 is 21.7 Å². The van der Waals surface area contributed by atoms with Crippen LogP contribution in [0.25, 0.3) is 10.8 Å². The van der Waals surface area contributed by atoms with E-state index in [1.54, 1.807) is 0 Å². The standard InChI is InChI=1S/C16H14N4O5S/c17-9-1-3-11-8(5-9)6-14(26(23,24)25)15(16(11)22)20-19-12-4-2-10(18)7-13(12)21/h1-7,21-22H,17-18H2,(H,23,24,25). The molecule has 9 nitrogen and oxygen atoms in total. The number of nitrogens with two attached hydrogens (primary N) is 2. The summed E-state index contributed by atoms with van der Waals surface area (Å²) >= 11 is 0. The summed E-state index contributed by atoms with van der Waals surface area (Å²) in [5, 5.41) is 28.2. The molecule has 0 radical (unpaired) electrons. The van der Waals surface area contributed by atoms with E-state index < -0.39 is 26.5 Å². The molecular weight excluding hydrogens is 360 g/mol. The zero-order chi connectivity index (χ0) is 19.1. The fourth-order valence-electron chi connectivity index (χ4n) is 2.39. The smallest absolute Gasteiger partial charge is 0.296 e. The molecule has 26 heavy (non-hydrogen) atoms. The van der Waals surface area contributed by atoms with Gasteiger partial charge in [-0.15, -0.1) is 10.2 Å². The average molecular weight is 374 g/mol. The van der Waals surface area contributed by atoms with Crippen LogP contribution in [0.3, 0.4) is 0 Å². The Hall–Kier alpha value is -3.37. The third-order valence-corrected chi connectivity index (χ3v) is 4.48. The largest absolute Gasteiger partial charge is 0.506 e. The first-order chi connectivity index (χ1) is 12.2. The third-order valence-electron chi connectivity index (χ3n) is 3.61. The van der Waals surface area contributed by atoms with Gasteiger partial charge in [-0.1, -0.05) is 0 Å². The van der Waals surface area contributed by atoms with Gasteiger partial charge in [0.05, 0.1) is 0 Å². The van der Waals surface area contributed by atoms with Gasteiger partial charge in [0.1, 0.15) is 22.0 Å². The topological polar surface area (TPSA) is 172 Å². The van der Waals surface area contributed by atoms with E-state index in [4.69, 9.17) is 11.5 Å². The number of phenolic OH excluding ortho intramolecular Hbond substituents is 2. The Bertz CT molecular complexity index is 1160. The van der Waals surface area contributed by atoms with Crippen LogP contribution in [-0.2, 0) is 10.1 Å². The summed E-state index contributed by atoms with van der Waals surface area (Å²) in [6.45, 7) is 0.